The van der Waals surface area contributed by atoms with Crippen LogP contribution in [0.2, 0.25) is 0 Å². The van der Waals surface area contributed by atoms with E-state index in [1.807, 2.05) is 0 Å². The Balaban J connectivity index is 3.78. The van der Waals surface area contributed by atoms with Crippen molar-refractivity contribution < 1.29 is 53.1 Å². The highest BCUT2D eigenvalue weighted by Gasteiger charge is 2.34. The second-order valence-corrected chi connectivity index (χ2v) is 4.33. The van der Waals surface area contributed by atoms with Crippen LogP contribution in [-0.2, 0) is 10.1 Å². The van der Waals surface area contributed by atoms with Crippen LogP contribution in [0.15, 0.2) is 4.90 Å². The van der Waals surface area contributed by atoms with E-state index in [2.05, 4.69) is 9.62 Å². The fraction of sp³-hybridized carbons (Fsp3) is 0. The van der Waals surface area contributed by atoms with Crippen LogP contribution in [0, 0.1) is 0 Å². The molecule has 0 amide bonds. The molecule has 0 aliphatic carbocycles. The normalized spacial score (nSPS) is 11.1. The van der Waals surface area contributed by atoms with Crippen molar-refractivity contribution in [3.05, 3.63) is 0 Å². The number of benzene rings is 1. The number of phenolic OH excluding ortho intramolecular Hbond substituents is 3. The molecule has 0 aliphatic heterocycles. The van der Waals surface area contributed by atoms with Gasteiger partial charge in [-0.25, -0.2) is 10.1 Å². The molecule has 0 atom stereocenters. The minimum absolute atomic E-state index is 1.30. The van der Waals surface area contributed by atoms with E-state index in [0.717, 1.165) is 0 Å². The van der Waals surface area contributed by atoms with Crippen LogP contribution < -0.4 is 9.62 Å². The van der Waals surface area contributed by atoms with E-state index in [4.69, 9.17) is 14.9 Å². The first-order valence-corrected chi connectivity index (χ1v) is 5.55. The quantitative estimate of drug-likeness (QED) is 0.0833. The molecule has 0 unspecified atom stereocenters. The molecular formula is C7H6O11S. The van der Waals surface area contributed by atoms with Gasteiger partial charge in [0.15, 0.2) is 10.6 Å². The Bertz CT molecular complexity index is 631. The fourth-order valence-corrected chi connectivity index (χ4v) is 1.86. The number of hydrogen-bond donors (Lipinski definition) is 6. The minimum atomic E-state index is -5.22. The van der Waals surface area contributed by atoms with Crippen LogP contribution in [0.4, 0.5) is 4.79 Å². The molecule has 1 aromatic carbocycles. The van der Waals surface area contributed by atoms with E-state index in [-0.39, 0.29) is 0 Å². The zero-order valence-corrected chi connectivity index (χ0v) is 9.45. The zero-order valence-electron chi connectivity index (χ0n) is 8.63. The van der Waals surface area contributed by atoms with E-state index >= 15 is 0 Å². The first-order chi connectivity index (χ1) is 8.61. The highest BCUT2D eigenvalue weighted by atomic mass is 32.2. The molecule has 0 radical (unpaired) electrons. The van der Waals surface area contributed by atoms with Crippen molar-refractivity contribution in [3.8, 4) is 28.7 Å². The van der Waals surface area contributed by atoms with Gasteiger partial charge >= 0.3 is 16.3 Å². The molecule has 0 aromatic heterocycles. The zero-order chi connectivity index (χ0) is 15.0. The highest BCUT2D eigenvalue weighted by Crippen LogP contribution is 2.53. The van der Waals surface area contributed by atoms with Crippen molar-refractivity contribution >= 4 is 16.3 Å². The average Bonchev–Trinajstić information content (AvgIpc) is 2.26. The third-order valence-corrected chi connectivity index (χ3v) is 2.72. The van der Waals surface area contributed by atoms with Gasteiger partial charge in [0.1, 0.15) is 0 Å². The van der Waals surface area contributed by atoms with Crippen molar-refractivity contribution in [3.63, 3.8) is 0 Å². The van der Waals surface area contributed by atoms with Crippen LogP contribution in [0.1, 0.15) is 0 Å². The van der Waals surface area contributed by atoms with Gasteiger partial charge in [-0.2, -0.15) is 8.42 Å². The largest absolute Gasteiger partial charge is 0.511 e. The molecule has 11 nitrogen and oxygen atoms in total. The lowest BCUT2D eigenvalue weighted by Crippen LogP contribution is -2.07. The van der Waals surface area contributed by atoms with Crippen LogP contribution in [0.25, 0.3) is 0 Å². The summed E-state index contributed by atoms with van der Waals surface area (Å²) in [4.78, 5) is 12.1. The molecular weight excluding hydrogens is 292 g/mol. The summed E-state index contributed by atoms with van der Waals surface area (Å²) in [6.07, 6.45) is -2.03. The predicted octanol–water partition coefficient (Wildman–Crippen LogP) is -0.0413. The lowest BCUT2D eigenvalue weighted by molar-refractivity contribution is -0.142. The summed E-state index contributed by atoms with van der Waals surface area (Å²) in [5.74, 6) is -7.32. The smallest absolute Gasteiger partial charge is 0.503 e. The Labute approximate surface area is 104 Å². The van der Waals surface area contributed by atoms with Crippen LogP contribution in [0.3, 0.4) is 0 Å². The standard InChI is InChI=1S/C7H6O11S/c8-1-2(9)6(19(14,15)16)5(18-13)3(10)4(1)17-7(11)12/h8-10,13H,(H,11,12)(H,14,15,16). The molecule has 106 valence electrons. The summed E-state index contributed by atoms with van der Waals surface area (Å²) < 4.78 is 34.4. The SMILES string of the molecule is O=C(O)Oc1c(O)c(O)c(S(=O)(=O)O)c(OO)c1O. The molecule has 0 saturated heterocycles. The predicted molar refractivity (Wildman–Crippen MR) is 53.2 cm³/mol. The first kappa shape index (κ1) is 14.6. The summed E-state index contributed by atoms with van der Waals surface area (Å²) in [5.41, 5.74) is 0. The van der Waals surface area contributed by atoms with Crippen molar-refractivity contribution in [1.82, 2.24) is 0 Å². The van der Waals surface area contributed by atoms with Gasteiger partial charge in [0, 0.05) is 0 Å². The minimum Gasteiger partial charge on any atom is -0.503 e. The molecule has 0 aliphatic rings. The van der Waals surface area contributed by atoms with Gasteiger partial charge in [-0.1, -0.05) is 0 Å². The van der Waals surface area contributed by atoms with Crippen LogP contribution in [-0.4, -0.2) is 44.8 Å². The highest BCUT2D eigenvalue weighted by molar-refractivity contribution is 7.86. The number of aromatic hydroxyl groups is 3. The van der Waals surface area contributed by atoms with Gasteiger partial charge < -0.3 is 30.1 Å². The van der Waals surface area contributed by atoms with E-state index < -0.39 is 49.9 Å². The molecule has 0 heterocycles. The summed E-state index contributed by atoms with van der Waals surface area (Å²) >= 11 is 0. The second-order valence-electron chi connectivity index (χ2n) is 2.97. The van der Waals surface area contributed by atoms with E-state index in [9.17, 15) is 28.5 Å². The number of carbonyl (C=O) groups is 1. The molecule has 0 saturated carbocycles. The third kappa shape index (κ3) is 2.54. The molecule has 19 heavy (non-hydrogen) atoms. The number of rotatable bonds is 3. The molecule has 0 spiro atoms. The summed E-state index contributed by atoms with van der Waals surface area (Å²) in [7, 11) is -5.22. The Morgan fingerprint density at radius 3 is 1.89 bits per heavy atom. The second kappa shape index (κ2) is 4.68. The van der Waals surface area contributed by atoms with Gasteiger partial charge in [-0.05, 0) is 0 Å². The maximum atomic E-state index is 10.9. The maximum absolute atomic E-state index is 10.9. The van der Waals surface area contributed by atoms with Crippen molar-refractivity contribution in [2.24, 2.45) is 0 Å². The Morgan fingerprint density at radius 1 is 1.00 bits per heavy atom. The van der Waals surface area contributed by atoms with Crippen LogP contribution in [0.5, 0.6) is 28.7 Å². The van der Waals surface area contributed by atoms with E-state index in [1.54, 1.807) is 0 Å². The van der Waals surface area contributed by atoms with Gasteiger partial charge in [0.2, 0.25) is 23.0 Å². The van der Waals surface area contributed by atoms with Crippen molar-refractivity contribution in [2.75, 3.05) is 0 Å². The summed E-state index contributed by atoms with van der Waals surface area (Å²) in [6, 6.07) is 0. The van der Waals surface area contributed by atoms with Crippen LogP contribution >= 0.6 is 0 Å². The van der Waals surface area contributed by atoms with Crippen molar-refractivity contribution in [2.45, 2.75) is 4.90 Å². The number of phenols is 3. The van der Waals surface area contributed by atoms with Gasteiger partial charge in [0.25, 0.3) is 0 Å². The van der Waals surface area contributed by atoms with E-state index in [0.29, 0.717) is 0 Å². The van der Waals surface area contributed by atoms with Crippen molar-refractivity contribution in [1.29, 1.82) is 0 Å². The molecule has 1 aromatic rings. The molecule has 12 heteroatoms. The maximum Gasteiger partial charge on any atom is 0.511 e. The number of ether oxygens (including phenoxy) is 1. The topological polar surface area (TPSA) is 191 Å². The number of carboxylic acid groups (broad SMARTS) is 1. The monoisotopic (exact) mass is 298 g/mol. The molecule has 1 rings (SSSR count). The Kier molecular flexibility index (Phi) is 3.60. The lowest BCUT2D eigenvalue weighted by atomic mass is 10.2. The third-order valence-electron chi connectivity index (χ3n) is 1.83. The molecule has 0 fully saturated rings. The fourth-order valence-electron chi connectivity index (χ4n) is 1.15. The molecule has 0 bridgehead atoms. The average molecular weight is 298 g/mol. The number of hydrogen-bond acceptors (Lipinski definition) is 9. The Morgan fingerprint density at radius 2 is 1.53 bits per heavy atom. The van der Waals surface area contributed by atoms with Gasteiger partial charge in [-0.15, -0.1) is 0 Å². The van der Waals surface area contributed by atoms with Gasteiger partial charge in [0.05, 0.1) is 0 Å². The first-order valence-electron chi connectivity index (χ1n) is 4.11. The summed E-state index contributed by atoms with van der Waals surface area (Å²) in [6.45, 7) is 0. The van der Waals surface area contributed by atoms with Gasteiger partial charge in [-0.3, -0.25) is 4.55 Å². The van der Waals surface area contributed by atoms with E-state index in [1.165, 1.54) is 0 Å². The molecule has 6 N–H and O–H groups in total. The lowest BCUT2D eigenvalue weighted by Gasteiger charge is -2.13. The Hall–Kier alpha value is -2.44. The summed E-state index contributed by atoms with van der Waals surface area (Å²) in [5, 5.41) is 44.7.